The molecule has 0 saturated heterocycles. The molecule has 1 heterocycles. The molecule has 90 valence electrons. The van der Waals surface area contributed by atoms with Gasteiger partial charge in [0, 0.05) is 11.9 Å². The minimum atomic E-state index is -3.04. The zero-order chi connectivity index (χ0) is 12.6. The van der Waals surface area contributed by atoms with Gasteiger partial charge >= 0.3 is 0 Å². The van der Waals surface area contributed by atoms with Crippen LogP contribution >= 0.6 is 11.6 Å². The number of H-pyrrole nitrogens is 1. The molecule has 0 unspecified atom stereocenters. The van der Waals surface area contributed by atoms with Crippen molar-refractivity contribution < 1.29 is 8.78 Å². The van der Waals surface area contributed by atoms with E-state index in [9.17, 15) is 8.78 Å². The van der Waals surface area contributed by atoms with Crippen molar-refractivity contribution in [3.05, 3.63) is 35.0 Å². The maximum atomic E-state index is 13.4. The van der Waals surface area contributed by atoms with Crippen molar-refractivity contribution >= 4 is 17.4 Å². The van der Waals surface area contributed by atoms with Gasteiger partial charge in [-0.3, -0.25) is 5.10 Å². The molecule has 17 heavy (non-hydrogen) atoms. The molecule has 6 heteroatoms. The van der Waals surface area contributed by atoms with E-state index in [4.69, 9.17) is 17.3 Å². The minimum Gasteiger partial charge on any atom is -0.382 e. The van der Waals surface area contributed by atoms with Gasteiger partial charge in [0.15, 0.2) is 5.82 Å². The second-order valence-electron chi connectivity index (χ2n) is 3.76. The van der Waals surface area contributed by atoms with Crippen molar-refractivity contribution in [1.29, 1.82) is 0 Å². The number of benzene rings is 1. The van der Waals surface area contributed by atoms with Crippen LogP contribution in [-0.2, 0) is 5.92 Å². The maximum absolute atomic E-state index is 13.4. The highest BCUT2D eigenvalue weighted by Gasteiger charge is 2.32. The first kappa shape index (κ1) is 11.9. The van der Waals surface area contributed by atoms with Gasteiger partial charge in [-0.2, -0.15) is 13.9 Å². The van der Waals surface area contributed by atoms with Crippen LogP contribution in [0.5, 0.6) is 0 Å². The van der Waals surface area contributed by atoms with Crippen LogP contribution in [-0.4, -0.2) is 10.2 Å². The summed E-state index contributed by atoms with van der Waals surface area (Å²) in [6.45, 7) is 0.786. The molecule has 2 rings (SSSR count). The summed E-state index contributed by atoms with van der Waals surface area (Å²) < 4.78 is 26.7. The van der Waals surface area contributed by atoms with E-state index in [0.29, 0.717) is 10.6 Å². The van der Waals surface area contributed by atoms with Gasteiger partial charge in [-0.1, -0.05) is 23.7 Å². The molecule has 0 amide bonds. The Hall–Kier alpha value is -1.62. The summed E-state index contributed by atoms with van der Waals surface area (Å²) in [6.07, 6.45) is 0. The second kappa shape index (κ2) is 4.00. The van der Waals surface area contributed by atoms with Crippen molar-refractivity contribution in [3.63, 3.8) is 0 Å². The average molecular weight is 258 g/mol. The third-order valence-corrected chi connectivity index (χ3v) is 2.58. The first-order chi connectivity index (χ1) is 7.89. The minimum absolute atomic E-state index is 0.0313. The van der Waals surface area contributed by atoms with Crippen LogP contribution in [0.1, 0.15) is 12.6 Å². The lowest BCUT2D eigenvalue weighted by Gasteiger charge is -2.11. The summed E-state index contributed by atoms with van der Waals surface area (Å²) >= 11 is 5.82. The fraction of sp³-hybridized carbons (Fsp3) is 0.182. The largest absolute Gasteiger partial charge is 0.382 e. The molecule has 0 atom stereocenters. The monoisotopic (exact) mass is 257 g/mol. The standard InChI is InChI=1S/C11H10ClF2N3/c1-11(13,14)9-8(10(15)17-16-9)6-3-2-4-7(12)5-6/h2-5H,1H3,(H3,15,16,17). The summed E-state index contributed by atoms with van der Waals surface area (Å²) in [5.74, 6) is -3.01. The molecule has 0 saturated carbocycles. The Morgan fingerprint density at radius 1 is 1.41 bits per heavy atom. The van der Waals surface area contributed by atoms with Gasteiger partial charge < -0.3 is 5.73 Å². The smallest absolute Gasteiger partial charge is 0.287 e. The van der Waals surface area contributed by atoms with E-state index in [2.05, 4.69) is 10.2 Å². The highest BCUT2D eigenvalue weighted by molar-refractivity contribution is 6.30. The molecule has 1 aromatic carbocycles. The van der Waals surface area contributed by atoms with E-state index in [1.807, 2.05) is 0 Å². The van der Waals surface area contributed by atoms with Crippen molar-refractivity contribution in [2.24, 2.45) is 0 Å². The molecule has 0 aliphatic carbocycles. The normalized spacial score (nSPS) is 11.8. The Balaban J connectivity index is 2.63. The average Bonchev–Trinajstić information content (AvgIpc) is 2.59. The van der Waals surface area contributed by atoms with Crippen LogP contribution < -0.4 is 5.73 Å². The predicted octanol–water partition coefficient (Wildman–Crippen LogP) is 3.42. The van der Waals surface area contributed by atoms with Gasteiger partial charge in [0.05, 0.1) is 5.56 Å². The Morgan fingerprint density at radius 2 is 2.12 bits per heavy atom. The number of nitrogen functional groups attached to an aromatic ring is 1. The maximum Gasteiger partial charge on any atom is 0.287 e. The summed E-state index contributed by atoms with van der Waals surface area (Å²) in [6, 6.07) is 6.55. The van der Waals surface area contributed by atoms with E-state index in [-0.39, 0.29) is 17.1 Å². The number of nitrogens with one attached hydrogen (secondary N) is 1. The Kier molecular flexibility index (Phi) is 2.79. The molecule has 3 N–H and O–H groups in total. The lowest BCUT2D eigenvalue weighted by atomic mass is 10.0. The summed E-state index contributed by atoms with van der Waals surface area (Å²) in [4.78, 5) is 0. The zero-order valence-electron chi connectivity index (χ0n) is 8.97. The quantitative estimate of drug-likeness (QED) is 0.866. The van der Waals surface area contributed by atoms with Crippen LogP contribution in [0, 0.1) is 0 Å². The van der Waals surface area contributed by atoms with Crippen molar-refractivity contribution in [2.45, 2.75) is 12.8 Å². The summed E-state index contributed by atoms with van der Waals surface area (Å²) in [5, 5.41) is 6.33. The fourth-order valence-electron chi connectivity index (χ4n) is 1.61. The topological polar surface area (TPSA) is 54.7 Å². The Morgan fingerprint density at radius 3 is 2.71 bits per heavy atom. The van der Waals surface area contributed by atoms with E-state index < -0.39 is 5.92 Å². The van der Waals surface area contributed by atoms with E-state index >= 15 is 0 Å². The molecule has 2 aromatic rings. The molecule has 1 aromatic heterocycles. The highest BCUT2D eigenvalue weighted by atomic mass is 35.5. The molecular weight excluding hydrogens is 248 g/mol. The fourth-order valence-corrected chi connectivity index (χ4v) is 1.80. The first-order valence-corrected chi connectivity index (χ1v) is 5.25. The number of rotatable bonds is 2. The van der Waals surface area contributed by atoms with E-state index in [1.165, 1.54) is 0 Å². The predicted molar refractivity (Wildman–Crippen MR) is 63.0 cm³/mol. The van der Waals surface area contributed by atoms with E-state index in [1.54, 1.807) is 24.3 Å². The van der Waals surface area contributed by atoms with Gasteiger partial charge in [-0.25, -0.2) is 0 Å². The van der Waals surface area contributed by atoms with Crippen molar-refractivity contribution in [3.8, 4) is 11.1 Å². The van der Waals surface area contributed by atoms with Gasteiger partial charge in [0.1, 0.15) is 5.69 Å². The third-order valence-electron chi connectivity index (χ3n) is 2.35. The number of nitrogens with two attached hydrogens (primary N) is 1. The number of anilines is 1. The van der Waals surface area contributed by atoms with Gasteiger partial charge in [0.2, 0.25) is 0 Å². The van der Waals surface area contributed by atoms with Gasteiger partial charge in [-0.15, -0.1) is 0 Å². The molecule has 0 spiro atoms. The van der Waals surface area contributed by atoms with Crippen LogP contribution in [0.4, 0.5) is 14.6 Å². The number of hydrogen-bond donors (Lipinski definition) is 2. The number of hydrogen-bond acceptors (Lipinski definition) is 2. The summed E-state index contributed by atoms with van der Waals surface area (Å²) in [5.41, 5.74) is 6.00. The molecule has 0 bridgehead atoms. The lowest BCUT2D eigenvalue weighted by Crippen LogP contribution is -2.09. The van der Waals surface area contributed by atoms with Gasteiger partial charge in [-0.05, 0) is 17.7 Å². The molecule has 0 aliphatic heterocycles. The van der Waals surface area contributed by atoms with Crippen LogP contribution in [0.3, 0.4) is 0 Å². The first-order valence-electron chi connectivity index (χ1n) is 4.87. The third kappa shape index (κ3) is 2.24. The Labute approximate surface area is 102 Å². The van der Waals surface area contributed by atoms with E-state index in [0.717, 1.165) is 6.92 Å². The van der Waals surface area contributed by atoms with Gasteiger partial charge in [0.25, 0.3) is 5.92 Å². The molecular formula is C11H10ClF2N3. The number of alkyl halides is 2. The van der Waals surface area contributed by atoms with Crippen molar-refractivity contribution in [1.82, 2.24) is 10.2 Å². The zero-order valence-corrected chi connectivity index (χ0v) is 9.72. The van der Waals surface area contributed by atoms with Crippen LogP contribution in [0.15, 0.2) is 24.3 Å². The number of aromatic nitrogens is 2. The van der Waals surface area contributed by atoms with Crippen LogP contribution in [0.2, 0.25) is 5.02 Å². The molecule has 0 aliphatic rings. The highest BCUT2D eigenvalue weighted by Crippen LogP contribution is 2.37. The number of aromatic amines is 1. The van der Waals surface area contributed by atoms with Crippen LogP contribution in [0.25, 0.3) is 11.1 Å². The van der Waals surface area contributed by atoms with Crippen molar-refractivity contribution in [2.75, 3.05) is 5.73 Å². The molecule has 0 radical (unpaired) electrons. The number of nitrogens with zero attached hydrogens (tertiary/aromatic N) is 1. The second-order valence-corrected chi connectivity index (χ2v) is 4.19. The molecule has 3 nitrogen and oxygen atoms in total. The SMILES string of the molecule is CC(F)(F)c1[nH]nc(N)c1-c1cccc(Cl)c1. The Bertz CT molecular complexity index is 546. The number of halogens is 3. The molecule has 0 fully saturated rings. The lowest BCUT2D eigenvalue weighted by molar-refractivity contribution is 0.0133. The summed E-state index contributed by atoms with van der Waals surface area (Å²) in [7, 11) is 0.